The number of hydrogen-bond acceptors (Lipinski definition) is 2. The fraction of sp³-hybridized carbons (Fsp3) is 0.700. The first kappa shape index (κ1) is 8.75. The number of hydrogen-bond donors (Lipinski definition) is 2. The summed E-state index contributed by atoms with van der Waals surface area (Å²) in [5, 5.41) is 7.45. The van der Waals surface area contributed by atoms with Crippen molar-refractivity contribution in [3.8, 4) is 0 Å². The van der Waals surface area contributed by atoms with E-state index in [1.807, 2.05) is 6.92 Å². The summed E-state index contributed by atoms with van der Waals surface area (Å²) >= 11 is 0. The Morgan fingerprint density at radius 1 is 1.54 bits per heavy atom. The van der Waals surface area contributed by atoms with Crippen molar-refractivity contribution in [2.45, 2.75) is 45.1 Å². The lowest BCUT2D eigenvalue weighted by Gasteiger charge is -2.02. The first-order valence-corrected chi connectivity index (χ1v) is 5.08. The molecule has 0 amide bonds. The van der Waals surface area contributed by atoms with Gasteiger partial charge in [0.2, 0.25) is 0 Å². The summed E-state index contributed by atoms with van der Waals surface area (Å²) in [6.07, 6.45) is 5.75. The van der Waals surface area contributed by atoms with Crippen LogP contribution in [0.5, 0.6) is 0 Å². The van der Waals surface area contributed by atoms with Gasteiger partial charge in [0, 0.05) is 11.7 Å². The van der Waals surface area contributed by atoms with Gasteiger partial charge in [0.25, 0.3) is 0 Å². The largest absolute Gasteiger partial charge is 0.328 e. The summed E-state index contributed by atoms with van der Waals surface area (Å²) in [7, 11) is 0. The van der Waals surface area contributed by atoms with Gasteiger partial charge in [-0.2, -0.15) is 5.10 Å². The minimum absolute atomic E-state index is 0.286. The number of nitrogens with two attached hydrogens (primary N) is 1. The van der Waals surface area contributed by atoms with Gasteiger partial charge < -0.3 is 5.73 Å². The van der Waals surface area contributed by atoms with Crippen molar-refractivity contribution < 1.29 is 0 Å². The standard InChI is InChI=1S/C10H17N3/c1-7(11)5-6-10-8-3-2-4-9(8)12-13-10/h7H,2-6,11H2,1H3,(H,12,13). The van der Waals surface area contributed by atoms with Gasteiger partial charge in [0.15, 0.2) is 0 Å². The average molecular weight is 179 g/mol. The van der Waals surface area contributed by atoms with Crippen LogP contribution in [-0.2, 0) is 19.3 Å². The van der Waals surface area contributed by atoms with Crippen molar-refractivity contribution in [1.82, 2.24) is 10.2 Å². The molecular formula is C10H17N3. The molecule has 2 rings (SSSR count). The molecule has 1 aromatic rings. The molecule has 1 aliphatic carbocycles. The lowest BCUT2D eigenvalue weighted by molar-refractivity contribution is 0.652. The smallest absolute Gasteiger partial charge is 0.0657 e. The van der Waals surface area contributed by atoms with E-state index in [1.54, 1.807) is 0 Å². The maximum absolute atomic E-state index is 5.72. The first-order valence-electron chi connectivity index (χ1n) is 5.08. The molecule has 3 heteroatoms. The van der Waals surface area contributed by atoms with Crippen LogP contribution >= 0.6 is 0 Å². The molecule has 0 saturated carbocycles. The van der Waals surface area contributed by atoms with E-state index in [0.717, 1.165) is 12.8 Å². The summed E-state index contributed by atoms with van der Waals surface area (Å²) in [6, 6.07) is 0.286. The lowest BCUT2D eigenvalue weighted by atomic mass is 10.1. The van der Waals surface area contributed by atoms with E-state index in [9.17, 15) is 0 Å². The Morgan fingerprint density at radius 2 is 2.38 bits per heavy atom. The van der Waals surface area contributed by atoms with Gasteiger partial charge in [0.05, 0.1) is 5.69 Å². The van der Waals surface area contributed by atoms with Crippen molar-refractivity contribution in [2.24, 2.45) is 5.73 Å². The fourth-order valence-electron chi connectivity index (χ4n) is 1.96. The summed E-state index contributed by atoms with van der Waals surface area (Å²) < 4.78 is 0. The lowest BCUT2D eigenvalue weighted by Crippen LogP contribution is -2.15. The van der Waals surface area contributed by atoms with Crippen LogP contribution in [0.15, 0.2) is 0 Å². The molecule has 72 valence electrons. The van der Waals surface area contributed by atoms with E-state index in [4.69, 9.17) is 5.73 Å². The molecule has 0 radical (unpaired) electrons. The second-order valence-corrected chi connectivity index (χ2v) is 4.00. The zero-order valence-corrected chi connectivity index (χ0v) is 8.14. The highest BCUT2D eigenvalue weighted by Crippen LogP contribution is 2.23. The minimum atomic E-state index is 0.286. The van der Waals surface area contributed by atoms with Crippen LogP contribution in [0.4, 0.5) is 0 Å². The van der Waals surface area contributed by atoms with Gasteiger partial charge in [-0.15, -0.1) is 0 Å². The molecule has 0 spiro atoms. The van der Waals surface area contributed by atoms with Gasteiger partial charge in [-0.05, 0) is 44.6 Å². The highest BCUT2D eigenvalue weighted by Gasteiger charge is 2.17. The number of nitrogens with one attached hydrogen (secondary N) is 1. The number of aromatic amines is 1. The molecule has 13 heavy (non-hydrogen) atoms. The number of nitrogens with zero attached hydrogens (tertiary/aromatic N) is 1. The van der Waals surface area contributed by atoms with Crippen LogP contribution in [0.1, 0.15) is 36.7 Å². The molecule has 0 aliphatic heterocycles. The topological polar surface area (TPSA) is 54.7 Å². The minimum Gasteiger partial charge on any atom is -0.328 e. The Kier molecular flexibility index (Phi) is 2.36. The third kappa shape index (κ3) is 1.75. The third-order valence-corrected chi connectivity index (χ3v) is 2.73. The van der Waals surface area contributed by atoms with Gasteiger partial charge in [-0.1, -0.05) is 0 Å². The second kappa shape index (κ2) is 3.50. The molecule has 3 N–H and O–H groups in total. The van der Waals surface area contributed by atoms with Gasteiger partial charge >= 0.3 is 0 Å². The first-order chi connectivity index (χ1) is 6.27. The van der Waals surface area contributed by atoms with Gasteiger partial charge in [0.1, 0.15) is 0 Å². The molecule has 0 aromatic carbocycles. The SMILES string of the molecule is CC(N)CCc1n[nH]c2c1CCC2. The number of rotatable bonds is 3. The monoisotopic (exact) mass is 179 g/mol. The van der Waals surface area contributed by atoms with Crippen LogP contribution in [0.25, 0.3) is 0 Å². The molecule has 0 fully saturated rings. The Morgan fingerprint density at radius 3 is 3.15 bits per heavy atom. The summed E-state index contributed by atoms with van der Waals surface area (Å²) in [6.45, 7) is 2.05. The van der Waals surface area contributed by atoms with Crippen LogP contribution in [0, 0.1) is 0 Å². The van der Waals surface area contributed by atoms with Crippen molar-refractivity contribution in [3.05, 3.63) is 17.0 Å². The Hall–Kier alpha value is -0.830. The Bertz CT molecular complexity index is 288. The molecule has 0 saturated heterocycles. The highest BCUT2D eigenvalue weighted by molar-refractivity contribution is 5.29. The molecule has 1 atom stereocenters. The average Bonchev–Trinajstić information content (AvgIpc) is 2.60. The molecule has 1 aromatic heterocycles. The van der Waals surface area contributed by atoms with E-state index in [2.05, 4.69) is 10.2 Å². The number of fused-ring (bicyclic) bond motifs is 1. The maximum atomic E-state index is 5.72. The maximum Gasteiger partial charge on any atom is 0.0657 e. The Balaban J connectivity index is 2.04. The van der Waals surface area contributed by atoms with Crippen LogP contribution in [0.2, 0.25) is 0 Å². The molecule has 3 nitrogen and oxygen atoms in total. The summed E-state index contributed by atoms with van der Waals surface area (Å²) in [5.41, 5.74) is 9.80. The normalized spacial score (nSPS) is 17.4. The van der Waals surface area contributed by atoms with Crippen LogP contribution < -0.4 is 5.73 Å². The quantitative estimate of drug-likeness (QED) is 0.732. The van der Waals surface area contributed by atoms with Crippen molar-refractivity contribution in [2.75, 3.05) is 0 Å². The number of H-pyrrole nitrogens is 1. The predicted molar refractivity (Wildman–Crippen MR) is 52.6 cm³/mol. The molecular weight excluding hydrogens is 162 g/mol. The highest BCUT2D eigenvalue weighted by atomic mass is 15.1. The van der Waals surface area contributed by atoms with Crippen LogP contribution in [-0.4, -0.2) is 16.2 Å². The van der Waals surface area contributed by atoms with E-state index < -0.39 is 0 Å². The van der Waals surface area contributed by atoms with Gasteiger partial charge in [-0.3, -0.25) is 5.10 Å². The number of aryl methyl sites for hydroxylation is 2. The van der Waals surface area contributed by atoms with Crippen LogP contribution in [0.3, 0.4) is 0 Å². The van der Waals surface area contributed by atoms with Crippen molar-refractivity contribution in [1.29, 1.82) is 0 Å². The molecule has 1 aliphatic rings. The fourth-order valence-corrected chi connectivity index (χ4v) is 1.96. The van der Waals surface area contributed by atoms with E-state index in [-0.39, 0.29) is 6.04 Å². The second-order valence-electron chi connectivity index (χ2n) is 4.00. The zero-order valence-electron chi connectivity index (χ0n) is 8.14. The van der Waals surface area contributed by atoms with Crippen molar-refractivity contribution in [3.63, 3.8) is 0 Å². The van der Waals surface area contributed by atoms with Gasteiger partial charge in [-0.25, -0.2) is 0 Å². The van der Waals surface area contributed by atoms with E-state index in [1.165, 1.54) is 36.2 Å². The van der Waals surface area contributed by atoms with Crippen molar-refractivity contribution >= 4 is 0 Å². The third-order valence-electron chi connectivity index (χ3n) is 2.73. The molecule has 1 heterocycles. The Labute approximate surface area is 78.7 Å². The zero-order chi connectivity index (χ0) is 9.26. The van der Waals surface area contributed by atoms with E-state index >= 15 is 0 Å². The van der Waals surface area contributed by atoms with E-state index in [0.29, 0.717) is 0 Å². The molecule has 0 bridgehead atoms. The molecule has 1 unspecified atom stereocenters. The summed E-state index contributed by atoms with van der Waals surface area (Å²) in [4.78, 5) is 0. The number of aromatic nitrogens is 2. The predicted octanol–water partition coefficient (Wildman–Crippen LogP) is 1.18. The summed E-state index contributed by atoms with van der Waals surface area (Å²) in [5.74, 6) is 0.